The quantitative estimate of drug-likeness (QED) is 0.662. The summed E-state index contributed by atoms with van der Waals surface area (Å²) in [5.74, 6) is 0.276. The van der Waals surface area contributed by atoms with E-state index in [1.807, 2.05) is 25.1 Å². The van der Waals surface area contributed by atoms with Crippen LogP contribution in [0.1, 0.15) is 21.9 Å². The Morgan fingerprint density at radius 3 is 2.78 bits per heavy atom. The minimum atomic E-state index is -0.263. The first-order valence-corrected chi connectivity index (χ1v) is 6.22. The van der Waals surface area contributed by atoms with Crippen LogP contribution in [0, 0.1) is 6.92 Å². The zero-order valence-electron chi connectivity index (χ0n) is 9.57. The Balaban J connectivity index is 2.10. The molecule has 4 heteroatoms. The molecule has 1 aromatic carbocycles. The van der Waals surface area contributed by atoms with E-state index >= 15 is 0 Å². The van der Waals surface area contributed by atoms with Crippen LogP contribution in [0.4, 0.5) is 0 Å². The molecule has 0 aliphatic carbocycles. The van der Waals surface area contributed by atoms with Crippen molar-refractivity contribution in [2.45, 2.75) is 6.92 Å². The van der Waals surface area contributed by atoms with Gasteiger partial charge in [0, 0.05) is 5.39 Å². The molecule has 0 saturated carbocycles. The number of ketones is 1. The molecule has 0 aliphatic heterocycles. The number of carbonyl (C=O) groups is 1. The second-order valence-electron chi connectivity index (χ2n) is 4.08. The zero-order chi connectivity index (χ0) is 12.7. The number of benzene rings is 1. The highest BCUT2D eigenvalue weighted by Gasteiger charge is 2.20. The van der Waals surface area contributed by atoms with Crippen molar-refractivity contribution < 1.29 is 13.6 Å². The fourth-order valence-corrected chi connectivity index (χ4v) is 2.22. The smallest absolute Gasteiger partial charge is 0.264 e. The number of hydrogen-bond donors (Lipinski definition) is 0. The maximum atomic E-state index is 12.2. The predicted molar refractivity (Wildman–Crippen MR) is 70.8 cm³/mol. The number of furan rings is 2. The molecule has 0 atom stereocenters. The summed E-state index contributed by atoms with van der Waals surface area (Å²) in [6.45, 7) is 2.00. The molecule has 2 aromatic heterocycles. The van der Waals surface area contributed by atoms with Crippen molar-refractivity contribution in [3.63, 3.8) is 0 Å². The van der Waals surface area contributed by atoms with Crippen LogP contribution in [0.25, 0.3) is 11.0 Å². The summed E-state index contributed by atoms with van der Waals surface area (Å²) in [4.78, 5) is 12.2. The van der Waals surface area contributed by atoms with Gasteiger partial charge in [-0.3, -0.25) is 4.79 Å². The highest BCUT2D eigenvalue weighted by Crippen LogP contribution is 2.25. The van der Waals surface area contributed by atoms with Gasteiger partial charge in [0.25, 0.3) is 5.78 Å². The third-order valence-corrected chi connectivity index (χ3v) is 3.34. The number of hydrogen-bond acceptors (Lipinski definition) is 3. The van der Waals surface area contributed by atoms with E-state index in [2.05, 4.69) is 15.9 Å². The Labute approximate surface area is 112 Å². The summed E-state index contributed by atoms with van der Waals surface area (Å²) in [5, 5.41) is 0.918. The van der Waals surface area contributed by atoms with Gasteiger partial charge in [0.1, 0.15) is 5.58 Å². The predicted octanol–water partition coefficient (Wildman–Crippen LogP) is 4.33. The zero-order valence-corrected chi connectivity index (χ0v) is 11.2. The SMILES string of the molecule is Cc1ccc2oc(C(=O)c3occc3Br)cc2c1. The minimum Gasteiger partial charge on any atom is -0.459 e. The number of fused-ring (bicyclic) bond motifs is 1. The molecule has 0 bridgehead atoms. The summed E-state index contributed by atoms with van der Waals surface area (Å²) in [5.41, 5.74) is 1.83. The third kappa shape index (κ3) is 1.78. The topological polar surface area (TPSA) is 43.4 Å². The van der Waals surface area contributed by atoms with Crippen LogP contribution >= 0.6 is 15.9 Å². The lowest BCUT2D eigenvalue weighted by atomic mass is 10.1. The van der Waals surface area contributed by atoms with Crippen molar-refractivity contribution in [3.05, 3.63) is 58.2 Å². The Bertz CT molecular complexity index is 736. The van der Waals surface area contributed by atoms with Crippen LogP contribution in [-0.2, 0) is 0 Å². The lowest BCUT2D eigenvalue weighted by Crippen LogP contribution is -1.97. The largest absolute Gasteiger partial charge is 0.459 e. The maximum absolute atomic E-state index is 12.2. The highest BCUT2D eigenvalue weighted by molar-refractivity contribution is 9.10. The average Bonchev–Trinajstić information content (AvgIpc) is 2.93. The molecule has 3 aromatic rings. The van der Waals surface area contributed by atoms with Gasteiger partial charge < -0.3 is 8.83 Å². The van der Waals surface area contributed by atoms with Crippen molar-refractivity contribution in [1.82, 2.24) is 0 Å². The van der Waals surface area contributed by atoms with Crippen molar-refractivity contribution in [1.29, 1.82) is 0 Å². The summed E-state index contributed by atoms with van der Waals surface area (Å²) in [7, 11) is 0. The van der Waals surface area contributed by atoms with Crippen molar-refractivity contribution in [2.24, 2.45) is 0 Å². The van der Waals surface area contributed by atoms with Crippen molar-refractivity contribution in [3.8, 4) is 0 Å². The Hall–Kier alpha value is -1.81. The molecule has 0 saturated heterocycles. The Morgan fingerprint density at radius 2 is 2.06 bits per heavy atom. The number of halogens is 1. The van der Waals surface area contributed by atoms with E-state index in [0.717, 1.165) is 10.9 Å². The molecule has 18 heavy (non-hydrogen) atoms. The fraction of sp³-hybridized carbons (Fsp3) is 0.0714. The van der Waals surface area contributed by atoms with E-state index in [0.29, 0.717) is 10.1 Å². The Morgan fingerprint density at radius 1 is 1.22 bits per heavy atom. The van der Waals surface area contributed by atoms with Gasteiger partial charge in [-0.05, 0) is 47.1 Å². The standard InChI is InChI=1S/C14H9BrO3/c1-8-2-3-11-9(6-8)7-12(18-11)13(16)14-10(15)4-5-17-14/h2-7H,1H3. The van der Waals surface area contributed by atoms with Gasteiger partial charge in [-0.1, -0.05) is 11.6 Å². The molecule has 90 valence electrons. The molecule has 0 unspecified atom stereocenters. The van der Waals surface area contributed by atoms with Gasteiger partial charge >= 0.3 is 0 Å². The minimum absolute atomic E-state index is 0.255. The molecular formula is C14H9BrO3. The maximum Gasteiger partial charge on any atom is 0.264 e. The third-order valence-electron chi connectivity index (χ3n) is 2.72. The van der Waals surface area contributed by atoms with Crippen LogP contribution in [-0.4, -0.2) is 5.78 Å². The fourth-order valence-electron chi connectivity index (χ4n) is 1.84. The summed E-state index contributed by atoms with van der Waals surface area (Å²) in [6, 6.07) is 9.20. The molecule has 0 aliphatic rings. The molecule has 3 rings (SSSR count). The van der Waals surface area contributed by atoms with Gasteiger partial charge in [-0.25, -0.2) is 0 Å². The number of rotatable bonds is 2. The monoisotopic (exact) mass is 304 g/mol. The first-order chi connectivity index (χ1) is 8.65. The van der Waals surface area contributed by atoms with Gasteiger partial charge in [-0.15, -0.1) is 0 Å². The number of aryl methyl sites for hydroxylation is 1. The normalized spacial score (nSPS) is 11.0. The first kappa shape index (κ1) is 11.3. The molecular weight excluding hydrogens is 296 g/mol. The van der Waals surface area contributed by atoms with E-state index in [9.17, 15) is 4.79 Å². The highest BCUT2D eigenvalue weighted by atomic mass is 79.9. The molecule has 0 amide bonds. The van der Waals surface area contributed by atoms with Gasteiger partial charge in [0.05, 0.1) is 10.7 Å². The van der Waals surface area contributed by atoms with Crippen molar-refractivity contribution in [2.75, 3.05) is 0 Å². The molecule has 0 fully saturated rings. The van der Waals surface area contributed by atoms with Crippen LogP contribution in [0.15, 0.2) is 49.9 Å². The summed E-state index contributed by atoms with van der Waals surface area (Å²) >= 11 is 3.26. The lowest BCUT2D eigenvalue weighted by Gasteiger charge is -1.92. The molecule has 2 heterocycles. The average molecular weight is 305 g/mol. The molecule has 0 radical (unpaired) electrons. The second kappa shape index (κ2) is 4.14. The van der Waals surface area contributed by atoms with E-state index in [-0.39, 0.29) is 17.3 Å². The summed E-state index contributed by atoms with van der Waals surface area (Å²) < 4.78 is 11.3. The van der Waals surface area contributed by atoms with Crippen LogP contribution in [0.3, 0.4) is 0 Å². The molecule has 0 N–H and O–H groups in total. The Kier molecular flexibility index (Phi) is 2.59. The van der Waals surface area contributed by atoms with Gasteiger partial charge in [-0.2, -0.15) is 0 Å². The van der Waals surface area contributed by atoms with Gasteiger partial charge in [0.2, 0.25) is 0 Å². The molecule has 3 nitrogen and oxygen atoms in total. The lowest BCUT2D eigenvalue weighted by molar-refractivity contribution is 0.0984. The van der Waals surface area contributed by atoms with E-state index < -0.39 is 0 Å². The van der Waals surface area contributed by atoms with Crippen LogP contribution in [0.5, 0.6) is 0 Å². The van der Waals surface area contributed by atoms with E-state index in [1.165, 1.54) is 6.26 Å². The summed E-state index contributed by atoms with van der Waals surface area (Å²) in [6.07, 6.45) is 1.46. The number of carbonyl (C=O) groups excluding carboxylic acids is 1. The van der Waals surface area contributed by atoms with E-state index in [4.69, 9.17) is 8.83 Å². The second-order valence-corrected chi connectivity index (χ2v) is 4.93. The van der Waals surface area contributed by atoms with Crippen LogP contribution < -0.4 is 0 Å². The van der Waals surface area contributed by atoms with Crippen molar-refractivity contribution >= 4 is 32.7 Å². The van der Waals surface area contributed by atoms with Gasteiger partial charge in [0.15, 0.2) is 11.5 Å². The molecule has 0 spiro atoms. The first-order valence-electron chi connectivity index (χ1n) is 5.43. The van der Waals surface area contributed by atoms with E-state index in [1.54, 1.807) is 12.1 Å². The van der Waals surface area contributed by atoms with Crippen LogP contribution in [0.2, 0.25) is 0 Å².